The summed E-state index contributed by atoms with van der Waals surface area (Å²) < 4.78 is 48.3. The van der Waals surface area contributed by atoms with Gasteiger partial charge >= 0.3 is 12.3 Å². The summed E-state index contributed by atoms with van der Waals surface area (Å²) in [4.78, 5) is 22.4. The third-order valence-corrected chi connectivity index (χ3v) is 5.36. The van der Waals surface area contributed by atoms with Crippen LogP contribution in [0.15, 0.2) is 24.7 Å². The first kappa shape index (κ1) is 22.1. The minimum atomic E-state index is -4.61. The molecule has 2 bridgehead atoms. The minimum absolute atomic E-state index is 0.0452. The fraction of sp³-hybridized carbons (Fsp3) is 0.524. The van der Waals surface area contributed by atoms with Crippen LogP contribution in [0.3, 0.4) is 0 Å². The van der Waals surface area contributed by atoms with Crippen LogP contribution in [0.1, 0.15) is 51.3 Å². The van der Waals surface area contributed by atoms with Crippen LogP contribution in [0.5, 0.6) is 0 Å². The Morgan fingerprint density at radius 2 is 1.97 bits per heavy atom. The van der Waals surface area contributed by atoms with E-state index in [0.717, 1.165) is 6.20 Å². The van der Waals surface area contributed by atoms with Gasteiger partial charge in [0.05, 0.1) is 29.2 Å². The van der Waals surface area contributed by atoms with Crippen LogP contribution in [0.4, 0.5) is 29.6 Å². The summed E-state index contributed by atoms with van der Waals surface area (Å²) in [5.41, 5.74) is -0.692. The molecule has 2 aliphatic heterocycles. The van der Waals surface area contributed by atoms with Gasteiger partial charge in [0.2, 0.25) is 5.95 Å². The number of rotatable bonds is 3. The molecule has 2 aromatic heterocycles. The van der Waals surface area contributed by atoms with E-state index in [0.29, 0.717) is 24.1 Å². The average Bonchev–Trinajstić information content (AvgIpc) is 3.19. The van der Waals surface area contributed by atoms with E-state index < -0.39 is 23.4 Å². The first-order chi connectivity index (χ1) is 14.9. The summed E-state index contributed by atoms with van der Waals surface area (Å²) in [6, 6.07) is -0.565. The second-order valence-corrected chi connectivity index (χ2v) is 9.06. The Balaban J connectivity index is 1.67. The van der Waals surface area contributed by atoms with Gasteiger partial charge in [0, 0.05) is 25.5 Å². The third-order valence-electron chi connectivity index (χ3n) is 5.36. The van der Waals surface area contributed by atoms with E-state index in [-0.39, 0.29) is 30.1 Å². The first-order valence-electron chi connectivity index (χ1n) is 10.3. The lowest BCUT2D eigenvalue weighted by Gasteiger charge is -2.35. The fourth-order valence-corrected chi connectivity index (χ4v) is 4.11. The lowest BCUT2D eigenvalue weighted by molar-refractivity contribution is -0.138. The molecule has 1 fully saturated rings. The van der Waals surface area contributed by atoms with Gasteiger partial charge in [-0.05, 0) is 45.6 Å². The first-order valence-corrected chi connectivity index (χ1v) is 10.3. The van der Waals surface area contributed by atoms with Gasteiger partial charge in [0.15, 0.2) is 0 Å². The number of amides is 1. The zero-order valence-corrected chi connectivity index (χ0v) is 18.3. The molecule has 0 radical (unpaired) electrons. The molecule has 1 saturated heterocycles. The fourth-order valence-electron chi connectivity index (χ4n) is 4.11. The summed E-state index contributed by atoms with van der Waals surface area (Å²) in [5.74, 6) is 0.0452. The summed E-state index contributed by atoms with van der Waals surface area (Å²) >= 11 is 0. The van der Waals surface area contributed by atoms with E-state index in [1.165, 1.54) is 6.20 Å². The molecule has 0 aromatic carbocycles. The summed E-state index contributed by atoms with van der Waals surface area (Å²) in [6.07, 6.45) is 2.27. The molecule has 172 valence electrons. The monoisotopic (exact) mass is 450 g/mol. The topological polar surface area (TPSA) is 85.2 Å². The number of aromatic nitrogens is 4. The van der Waals surface area contributed by atoms with Crippen LogP contribution in [-0.2, 0) is 18.0 Å². The quantitative estimate of drug-likeness (QED) is 0.740. The Bertz CT molecular complexity index is 1060. The molecule has 2 aromatic rings. The number of anilines is 2. The molecule has 2 atom stereocenters. The Labute approximate surface area is 183 Å². The Hall–Kier alpha value is -3.11. The van der Waals surface area contributed by atoms with Gasteiger partial charge in [-0.1, -0.05) is 6.08 Å². The molecule has 2 aliphatic rings. The Morgan fingerprint density at radius 1 is 1.22 bits per heavy atom. The van der Waals surface area contributed by atoms with E-state index in [2.05, 4.69) is 20.4 Å². The number of fused-ring (bicyclic) bond motifs is 2. The zero-order chi connectivity index (χ0) is 23.3. The molecule has 8 nitrogen and oxygen atoms in total. The summed E-state index contributed by atoms with van der Waals surface area (Å²) in [7, 11) is 1.73. The van der Waals surface area contributed by atoms with E-state index in [9.17, 15) is 18.0 Å². The molecule has 11 heteroatoms. The number of carbonyl (C=O) groups is 1. The van der Waals surface area contributed by atoms with Gasteiger partial charge in [-0.25, -0.2) is 14.8 Å². The maximum atomic E-state index is 13.7. The average molecular weight is 450 g/mol. The number of nitrogens with zero attached hydrogens (tertiary/aromatic N) is 5. The van der Waals surface area contributed by atoms with Crippen molar-refractivity contribution in [1.82, 2.24) is 24.6 Å². The van der Waals surface area contributed by atoms with Crippen molar-refractivity contribution >= 4 is 23.3 Å². The van der Waals surface area contributed by atoms with Crippen LogP contribution in [-0.4, -0.2) is 48.4 Å². The van der Waals surface area contributed by atoms with E-state index in [1.54, 1.807) is 49.7 Å². The van der Waals surface area contributed by atoms with Crippen LogP contribution < -0.4 is 5.32 Å². The van der Waals surface area contributed by atoms with E-state index in [4.69, 9.17) is 4.74 Å². The van der Waals surface area contributed by atoms with Gasteiger partial charge in [0.25, 0.3) is 0 Å². The summed E-state index contributed by atoms with van der Waals surface area (Å²) in [6.45, 7) is 5.35. The number of nitrogens with one attached hydrogen (secondary N) is 1. The number of aryl methyl sites for hydroxylation is 1. The minimum Gasteiger partial charge on any atom is -0.444 e. The van der Waals surface area contributed by atoms with Crippen LogP contribution in [0, 0.1) is 0 Å². The van der Waals surface area contributed by atoms with Crippen molar-refractivity contribution in [3.8, 4) is 0 Å². The van der Waals surface area contributed by atoms with Crippen LogP contribution >= 0.6 is 0 Å². The number of halogens is 3. The smallest absolute Gasteiger partial charge is 0.419 e. The normalized spacial score (nSPS) is 20.8. The molecule has 0 spiro atoms. The Morgan fingerprint density at radius 3 is 2.56 bits per heavy atom. The van der Waals surface area contributed by atoms with Crippen molar-refractivity contribution in [3.05, 3.63) is 35.9 Å². The molecular weight excluding hydrogens is 425 g/mol. The van der Waals surface area contributed by atoms with Gasteiger partial charge in [-0.15, -0.1) is 0 Å². The molecule has 4 heterocycles. The molecular formula is C21H25F3N6O2. The van der Waals surface area contributed by atoms with Crippen molar-refractivity contribution in [1.29, 1.82) is 0 Å². The van der Waals surface area contributed by atoms with Crippen molar-refractivity contribution in [2.45, 2.75) is 63.9 Å². The lowest BCUT2D eigenvalue weighted by atomic mass is 9.96. The lowest BCUT2D eigenvalue weighted by Crippen LogP contribution is -2.45. The van der Waals surface area contributed by atoms with E-state index >= 15 is 0 Å². The number of hydrogen-bond acceptors (Lipinski definition) is 6. The highest BCUT2D eigenvalue weighted by atomic mass is 19.4. The molecule has 1 amide bonds. The number of hydrogen-bond donors (Lipinski definition) is 1. The highest BCUT2D eigenvalue weighted by Gasteiger charge is 2.44. The summed E-state index contributed by atoms with van der Waals surface area (Å²) in [5, 5.41) is 6.91. The number of alkyl halides is 3. The van der Waals surface area contributed by atoms with Crippen molar-refractivity contribution in [2.24, 2.45) is 7.05 Å². The maximum absolute atomic E-state index is 13.7. The van der Waals surface area contributed by atoms with Gasteiger partial charge < -0.3 is 10.1 Å². The number of carbonyl (C=O) groups excluding carboxylic acids is 1. The highest BCUT2D eigenvalue weighted by molar-refractivity contribution is 5.75. The van der Waals surface area contributed by atoms with Crippen LogP contribution in [0.2, 0.25) is 0 Å². The highest BCUT2D eigenvalue weighted by Crippen LogP contribution is 2.42. The molecule has 4 rings (SSSR count). The maximum Gasteiger partial charge on any atom is 0.419 e. The second kappa shape index (κ2) is 7.79. The van der Waals surface area contributed by atoms with Crippen LogP contribution in [0.25, 0.3) is 5.57 Å². The molecule has 1 N–H and O–H groups in total. The standard InChI is InChI=1S/C21H25F3N6O2/c1-20(2,3)32-19(31)30-14-5-6-15(30)8-12(7-14)17-16(21(22,23)24)10-25-18(28-17)27-13-9-26-29(4)11-13/h7,9-11,14-15H,5-6,8H2,1-4H3,(H,25,27,28). The van der Waals surface area contributed by atoms with Crippen molar-refractivity contribution < 1.29 is 22.7 Å². The van der Waals surface area contributed by atoms with Gasteiger partial charge in [-0.2, -0.15) is 18.3 Å². The van der Waals surface area contributed by atoms with E-state index in [1.807, 2.05) is 0 Å². The largest absolute Gasteiger partial charge is 0.444 e. The number of ether oxygens (including phenoxy) is 1. The molecule has 0 aliphatic carbocycles. The third kappa shape index (κ3) is 4.56. The molecule has 32 heavy (non-hydrogen) atoms. The zero-order valence-electron chi connectivity index (χ0n) is 18.3. The molecule has 2 unspecified atom stereocenters. The SMILES string of the molecule is Cn1cc(Nc2ncc(C(F)(F)F)c(C3=CC4CCC(C3)N4C(=O)OC(C)(C)C)n2)cn1. The predicted octanol–water partition coefficient (Wildman–Crippen LogP) is 4.53. The van der Waals surface area contributed by atoms with Crippen molar-refractivity contribution in [3.63, 3.8) is 0 Å². The van der Waals surface area contributed by atoms with Crippen molar-refractivity contribution in [2.75, 3.05) is 5.32 Å². The predicted molar refractivity (Wildman–Crippen MR) is 111 cm³/mol. The van der Waals surface area contributed by atoms with Gasteiger partial charge in [0.1, 0.15) is 5.60 Å². The Kier molecular flexibility index (Phi) is 5.38. The second-order valence-electron chi connectivity index (χ2n) is 9.06. The van der Waals surface area contributed by atoms with Gasteiger partial charge in [-0.3, -0.25) is 9.58 Å². The molecule has 0 saturated carbocycles.